The number of aliphatic imine (C=N–C) groups is 1. The summed E-state index contributed by atoms with van der Waals surface area (Å²) in [6.45, 7) is -1.04. The van der Waals surface area contributed by atoms with Gasteiger partial charge in [-0.2, -0.15) is 13.2 Å². The van der Waals surface area contributed by atoms with Crippen LogP contribution in [0.5, 0.6) is 5.75 Å². The number of nitrogens with zero attached hydrogens (tertiary/aromatic N) is 1. The second-order valence-corrected chi connectivity index (χ2v) is 4.67. The molecule has 0 fully saturated rings. The molecule has 23 heavy (non-hydrogen) atoms. The van der Waals surface area contributed by atoms with Gasteiger partial charge in [0.2, 0.25) is 0 Å². The van der Waals surface area contributed by atoms with Gasteiger partial charge in [-0.25, -0.2) is 0 Å². The number of halogens is 5. The van der Waals surface area contributed by atoms with Gasteiger partial charge in [0.1, 0.15) is 12.4 Å². The van der Waals surface area contributed by atoms with Crippen LogP contribution < -0.4 is 15.8 Å². The molecule has 0 aliphatic heterocycles. The van der Waals surface area contributed by atoms with Crippen molar-refractivity contribution in [3.05, 3.63) is 23.2 Å². The average molecular weight is 468 g/mol. The molecule has 0 heterocycles. The van der Waals surface area contributed by atoms with Crippen LogP contribution in [0.2, 0.25) is 5.02 Å². The van der Waals surface area contributed by atoms with E-state index in [9.17, 15) is 13.2 Å². The Hall–Kier alpha value is -0.940. The summed E-state index contributed by atoms with van der Waals surface area (Å²) < 4.78 is 44.9. The second-order valence-electron chi connectivity index (χ2n) is 4.26. The molecule has 0 radical (unpaired) electrons. The highest BCUT2D eigenvalue weighted by molar-refractivity contribution is 14.0. The number of ether oxygens (including phenoxy) is 2. The van der Waals surface area contributed by atoms with Crippen molar-refractivity contribution in [2.75, 3.05) is 32.2 Å². The van der Waals surface area contributed by atoms with E-state index < -0.39 is 12.8 Å². The zero-order chi connectivity index (χ0) is 16.6. The van der Waals surface area contributed by atoms with Gasteiger partial charge >= 0.3 is 6.18 Å². The SMILES string of the molecule is COc1ccc(NC(N)=NCCCOCC(F)(F)F)cc1Cl.I. The number of alkyl halides is 3. The van der Waals surface area contributed by atoms with Crippen molar-refractivity contribution in [3.8, 4) is 5.75 Å². The third kappa shape index (κ3) is 9.72. The Bertz CT molecular complexity index is 516. The lowest BCUT2D eigenvalue weighted by molar-refractivity contribution is -0.173. The van der Waals surface area contributed by atoms with Crippen LogP contribution in [0.15, 0.2) is 23.2 Å². The summed E-state index contributed by atoms with van der Waals surface area (Å²) in [4.78, 5) is 3.97. The van der Waals surface area contributed by atoms with Crippen molar-refractivity contribution in [3.63, 3.8) is 0 Å². The molecule has 132 valence electrons. The molecule has 1 rings (SSSR count). The minimum Gasteiger partial charge on any atom is -0.495 e. The Kier molecular flexibility index (Phi) is 10.3. The molecule has 1 aromatic rings. The Morgan fingerprint density at radius 2 is 2.09 bits per heavy atom. The first kappa shape index (κ1) is 22.1. The molecule has 10 heteroatoms. The van der Waals surface area contributed by atoms with Gasteiger partial charge in [0, 0.05) is 18.8 Å². The van der Waals surface area contributed by atoms with E-state index in [-0.39, 0.29) is 43.1 Å². The number of hydrogen-bond donors (Lipinski definition) is 2. The summed E-state index contributed by atoms with van der Waals surface area (Å²) >= 11 is 5.96. The van der Waals surface area contributed by atoms with Crippen LogP contribution in [0.3, 0.4) is 0 Å². The van der Waals surface area contributed by atoms with Crippen LogP contribution in [0.4, 0.5) is 18.9 Å². The van der Waals surface area contributed by atoms with E-state index in [1.54, 1.807) is 18.2 Å². The van der Waals surface area contributed by atoms with Crippen LogP contribution >= 0.6 is 35.6 Å². The van der Waals surface area contributed by atoms with Gasteiger partial charge < -0.3 is 20.5 Å². The van der Waals surface area contributed by atoms with Crippen molar-refractivity contribution < 1.29 is 22.6 Å². The molecule has 0 aliphatic rings. The quantitative estimate of drug-likeness (QED) is 0.278. The third-order valence-corrected chi connectivity index (χ3v) is 2.71. The summed E-state index contributed by atoms with van der Waals surface area (Å²) in [7, 11) is 1.50. The highest BCUT2D eigenvalue weighted by atomic mass is 127. The summed E-state index contributed by atoms with van der Waals surface area (Å²) in [5.74, 6) is 0.668. The van der Waals surface area contributed by atoms with E-state index in [1.807, 2.05) is 0 Å². The Labute approximate surface area is 154 Å². The van der Waals surface area contributed by atoms with E-state index in [0.29, 0.717) is 22.9 Å². The van der Waals surface area contributed by atoms with E-state index >= 15 is 0 Å². The van der Waals surface area contributed by atoms with Crippen molar-refractivity contribution >= 4 is 47.2 Å². The number of methoxy groups -OCH3 is 1. The van der Waals surface area contributed by atoms with Crippen molar-refractivity contribution in [1.29, 1.82) is 0 Å². The largest absolute Gasteiger partial charge is 0.495 e. The third-order valence-electron chi connectivity index (χ3n) is 2.42. The van der Waals surface area contributed by atoms with Crippen molar-refractivity contribution in [2.24, 2.45) is 10.7 Å². The zero-order valence-corrected chi connectivity index (χ0v) is 15.4. The van der Waals surface area contributed by atoms with Gasteiger partial charge in [-0.1, -0.05) is 11.6 Å². The lowest BCUT2D eigenvalue weighted by atomic mass is 10.3. The van der Waals surface area contributed by atoms with Gasteiger partial charge in [-0.05, 0) is 24.6 Å². The monoisotopic (exact) mass is 467 g/mol. The molecule has 1 aromatic carbocycles. The number of guanidine groups is 1. The molecule has 0 aliphatic carbocycles. The molecule has 0 aromatic heterocycles. The van der Waals surface area contributed by atoms with Gasteiger partial charge in [0.25, 0.3) is 0 Å². The average Bonchev–Trinajstić information content (AvgIpc) is 2.41. The molecule has 5 nitrogen and oxygen atoms in total. The molecule has 0 atom stereocenters. The number of benzene rings is 1. The predicted molar refractivity (Wildman–Crippen MR) is 95.0 cm³/mol. The Balaban J connectivity index is 0.00000484. The first-order valence-electron chi connectivity index (χ1n) is 6.37. The van der Waals surface area contributed by atoms with E-state index in [2.05, 4.69) is 15.0 Å². The van der Waals surface area contributed by atoms with Gasteiger partial charge in [0.15, 0.2) is 5.96 Å². The molecular weight excluding hydrogens is 450 g/mol. The maximum Gasteiger partial charge on any atom is 0.411 e. The summed E-state index contributed by atoms with van der Waals surface area (Å²) in [5, 5.41) is 3.23. The number of nitrogens with one attached hydrogen (secondary N) is 1. The van der Waals surface area contributed by atoms with E-state index in [0.717, 1.165) is 0 Å². The number of hydrogen-bond acceptors (Lipinski definition) is 3. The number of rotatable bonds is 7. The first-order chi connectivity index (χ1) is 10.3. The summed E-state index contributed by atoms with van der Waals surface area (Å²) in [6.07, 6.45) is -3.97. The van der Waals surface area contributed by atoms with Crippen molar-refractivity contribution in [1.82, 2.24) is 0 Å². The van der Waals surface area contributed by atoms with E-state index in [4.69, 9.17) is 22.1 Å². The summed E-state index contributed by atoms with van der Waals surface area (Å²) in [6, 6.07) is 5.00. The molecule has 0 bridgehead atoms. The first-order valence-corrected chi connectivity index (χ1v) is 6.74. The van der Waals surface area contributed by atoms with Crippen LogP contribution in [-0.4, -0.2) is 39.0 Å². The zero-order valence-electron chi connectivity index (χ0n) is 12.3. The van der Waals surface area contributed by atoms with Gasteiger partial charge in [0.05, 0.1) is 12.1 Å². The Morgan fingerprint density at radius 3 is 2.65 bits per heavy atom. The molecular formula is C13H18ClF3IN3O2. The highest BCUT2D eigenvalue weighted by Crippen LogP contribution is 2.26. The fourth-order valence-electron chi connectivity index (χ4n) is 1.49. The van der Waals surface area contributed by atoms with Gasteiger partial charge in [-0.15, -0.1) is 24.0 Å². The normalized spacial score (nSPS) is 11.8. The summed E-state index contributed by atoms with van der Waals surface area (Å²) in [5.41, 5.74) is 6.28. The molecule has 3 N–H and O–H groups in total. The lowest BCUT2D eigenvalue weighted by Crippen LogP contribution is -2.23. The number of anilines is 1. The van der Waals surface area contributed by atoms with E-state index in [1.165, 1.54) is 7.11 Å². The van der Waals surface area contributed by atoms with Crippen LogP contribution in [0, 0.1) is 0 Å². The van der Waals surface area contributed by atoms with Gasteiger partial charge in [-0.3, -0.25) is 4.99 Å². The smallest absolute Gasteiger partial charge is 0.411 e. The molecule has 0 amide bonds. The topological polar surface area (TPSA) is 68.9 Å². The molecule has 0 spiro atoms. The maximum absolute atomic E-state index is 11.8. The second kappa shape index (κ2) is 10.8. The molecule has 0 saturated heterocycles. The maximum atomic E-state index is 11.8. The van der Waals surface area contributed by atoms with Crippen LogP contribution in [-0.2, 0) is 4.74 Å². The standard InChI is InChI=1S/C13H17ClF3N3O2.HI/c1-21-11-4-3-9(7-10(11)14)20-12(18)19-5-2-6-22-8-13(15,16)17;/h3-4,7H,2,5-6,8H2,1H3,(H3,18,19,20);1H. The number of nitrogens with two attached hydrogens (primary N) is 1. The minimum absolute atomic E-state index is 0. The molecule has 0 unspecified atom stereocenters. The minimum atomic E-state index is -4.31. The highest BCUT2D eigenvalue weighted by Gasteiger charge is 2.27. The Morgan fingerprint density at radius 1 is 1.39 bits per heavy atom. The molecule has 0 saturated carbocycles. The predicted octanol–water partition coefficient (Wildman–Crippen LogP) is 3.66. The lowest BCUT2D eigenvalue weighted by Gasteiger charge is -2.09. The van der Waals surface area contributed by atoms with Crippen molar-refractivity contribution in [2.45, 2.75) is 12.6 Å². The fourth-order valence-corrected chi connectivity index (χ4v) is 1.74. The fraction of sp³-hybridized carbons (Fsp3) is 0.462. The van der Waals surface area contributed by atoms with Crippen LogP contribution in [0.25, 0.3) is 0 Å². The van der Waals surface area contributed by atoms with Crippen LogP contribution in [0.1, 0.15) is 6.42 Å².